The highest BCUT2D eigenvalue weighted by Crippen LogP contribution is 2.32. The number of nitrogens with zero attached hydrogens (tertiary/aromatic N) is 1. The zero-order valence-electron chi connectivity index (χ0n) is 16.4. The van der Waals surface area contributed by atoms with Crippen molar-refractivity contribution in [2.75, 3.05) is 38.2 Å². The molecule has 1 N–H and O–H groups in total. The molecule has 1 aromatic heterocycles. The summed E-state index contributed by atoms with van der Waals surface area (Å²) in [7, 11) is 0. The van der Waals surface area contributed by atoms with E-state index >= 15 is 0 Å². The van der Waals surface area contributed by atoms with E-state index in [9.17, 15) is 9.59 Å². The zero-order valence-corrected chi connectivity index (χ0v) is 17.2. The van der Waals surface area contributed by atoms with Crippen LogP contribution in [0.3, 0.4) is 0 Å². The van der Waals surface area contributed by atoms with Gasteiger partial charge in [0.05, 0.1) is 18.2 Å². The second kappa shape index (κ2) is 8.77. The number of furan rings is 1. The van der Waals surface area contributed by atoms with E-state index < -0.39 is 5.91 Å². The van der Waals surface area contributed by atoms with Gasteiger partial charge in [0.1, 0.15) is 17.0 Å². The first-order chi connectivity index (χ1) is 14.5. The SMILES string of the molecule is Cc1ccc(Cl)c(OCC(=O)Nc2c(C(=O)N3CCOCC3)oc3ccccc23)c1. The van der Waals surface area contributed by atoms with Crippen LogP contribution in [0.5, 0.6) is 5.75 Å². The summed E-state index contributed by atoms with van der Waals surface area (Å²) >= 11 is 6.12. The van der Waals surface area contributed by atoms with Gasteiger partial charge in [0.25, 0.3) is 11.8 Å². The average molecular weight is 429 g/mol. The van der Waals surface area contributed by atoms with Crippen LogP contribution in [-0.2, 0) is 9.53 Å². The summed E-state index contributed by atoms with van der Waals surface area (Å²) in [5.74, 6) is -0.184. The molecule has 7 nitrogen and oxygen atoms in total. The number of hydrogen-bond donors (Lipinski definition) is 1. The number of carbonyl (C=O) groups excluding carboxylic acids is 2. The lowest BCUT2D eigenvalue weighted by Gasteiger charge is -2.26. The van der Waals surface area contributed by atoms with Gasteiger partial charge in [0.15, 0.2) is 6.61 Å². The zero-order chi connectivity index (χ0) is 21.1. The van der Waals surface area contributed by atoms with Crippen LogP contribution in [0, 0.1) is 6.92 Å². The van der Waals surface area contributed by atoms with Crippen molar-refractivity contribution in [2.24, 2.45) is 0 Å². The molecule has 0 bridgehead atoms. The topological polar surface area (TPSA) is 81.0 Å². The fourth-order valence-electron chi connectivity index (χ4n) is 3.27. The molecule has 1 aliphatic rings. The fourth-order valence-corrected chi connectivity index (χ4v) is 3.44. The molecule has 0 radical (unpaired) electrons. The van der Waals surface area contributed by atoms with E-state index in [1.54, 1.807) is 29.2 Å². The Bertz CT molecular complexity index is 1090. The van der Waals surface area contributed by atoms with Gasteiger partial charge in [-0.2, -0.15) is 0 Å². The number of morpholine rings is 1. The highest BCUT2D eigenvalue weighted by molar-refractivity contribution is 6.32. The number of rotatable bonds is 5. The minimum atomic E-state index is -0.421. The van der Waals surface area contributed by atoms with Gasteiger partial charge in [0, 0.05) is 18.5 Å². The molecule has 8 heteroatoms. The van der Waals surface area contributed by atoms with Gasteiger partial charge in [-0.15, -0.1) is 0 Å². The minimum absolute atomic E-state index is 0.0973. The Hall–Kier alpha value is -3.03. The van der Waals surface area contributed by atoms with E-state index in [2.05, 4.69) is 5.32 Å². The molecule has 4 rings (SSSR count). The molecular formula is C22H21ClN2O5. The number of halogens is 1. The third-order valence-corrected chi connectivity index (χ3v) is 5.11. The van der Waals surface area contributed by atoms with E-state index in [0.29, 0.717) is 53.7 Å². The normalized spacial score (nSPS) is 14.0. The van der Waals surface area contributed by atoms with Crippen LogP contribution in [0.1, 0.15) is 16.1 Å². The van der Waals surface area contributed by atoms with Crippen LogP contribution in [0.2, 0.25) is 5.02 Å². The molecule has 0 unspecified atom stereocenters. The Morgan fingerprint density at radius 1 is 1.17 bits per heavy atom. The Labute approximate surface area is 178 Å². The lowest BCUT2D eigenvalue weighted by Crippen LogP contribution is -2.40. The van der Waals surface area contributed by atoms with Gasteiger partial charge in [0.2, 0.25) is 5.76 Å². The molecule has 1 saturated heterocycles. The van der Waals surface area contributed by atoms with E-state index in [1.165, 1.54) is 0 Å². The van der Waals surface area contributed by atoms with Gasteiger partial charge in [-0.3, -0.25) is 9.59 Å². The van der Waals surface area contributed by atoms with Crippen LogP contribution in [0.4, 0.5) is 5.69 Å². The maximum atomic E-state index is 13.0. The average Bonchev–Trinajstić information content (AvgIpc) is 3.13. The van der Waals surface area contributed by atoms with Crippen molar-refractivity contribution in [1.29, 1.82) is 0 Å². The smallest absolute Gasteiger partial charge is 0.291 e. The molecule has 2 heterocycles. The molecule has 1 fully saturated rings. The third-order valence-electron chi connectivity index (χ3n) is 4.80. The predicted molar refractivity (Wildman–Crippen MR) is 113 cm³/mol. The molecule has 0 saturated carbocycles. The molecule has 0 aliphatic carbocycles. The number of amides is 2. The molecule has 0 spiro atoms. The number of anilines is 1. The van der Waals surface area contributed by atoms with E-state index in [-0.39, 0.29) is 18.3 Å². The number of hydrogen-bond acceptors (Lipinski definition) is 5. The predicted octanol–water partition coefficient (Wildman–Crippen LogP) is 3.88. The fraction of sp³-hybridized carbons (Fsp3) is 0.273. The maximum absolute atomic E-state index is 13.0. The van der Waals surface area contributed by atoms with Gasteiger partial charge in [-0.25, -0.2) is 0 Å². The van der Waals surface area contributed by atoms with Crippen LogP contribution in [0.15, 0.2) is 46.9 Å². The summed E-state index contributed by atoms with van der Waals surface area (Å²) in [6.07, 6.45) is 0. The summed E-state index contributed by atoms with van der Waals surface area (Å²) in [6, 6.07) is 12.5. The monoisotopic (exact) mass is 428 g/mol. The van der Waals surface area contributed by atoms with Crippen LogP contribution >= 0.6 is 11.6 Å². The highest BCUT2D eigenvalue weighted by Gasteiger charge is 2.27. The lowest BCUT2D eigenvalue weighted by molar-refractivity contribution is -0.118. The maximum Gasteiger partial charge on any atom is 0.291 e. The number of carbonyl (C=O) groups is 2. The number of para-hydroxylation sites is 1. The van der Waals surface area contributed by atoms with E-state index in [1.807, 2.05) is 25.1 Å². The summed E-state index contributed by atoms with van der Waals surface area (Å²) in [6.45, 7) is 3.53. The number of aryl methyl sites for hydroxylation is 1. The number of nitrogens with one attached hydrogen (secondary N) is 1. The highest BCUT2D eigenvalue weighted by atomic mass is 35.5. The Balaban J connectivity index is 1.55. The summed E-state index contributed by atoms with van der Waals surface area (Å²) in [5, 5.41) is 3.85. The summed E-state index contributed by atoms with van der Waals surface area (Å²) in [4.78, 5) is 27.3. The molecule has 1 aliphatic heterocycles. The van der Waals surface area contributed by atoms with Crippen LogP contribution < -0.4 is 10.1 Å². The van der Waals surface area contributed by atoms with Gasteiger partial charge in [-0.1, -0.05) is 29.8 Å². The van der Waals surface area contributed by atoms with Crippen molar-refractivity contribution in [3.63, 3.8) is 0 Å². The Morgan fingerprint density at radius 2 is 1.93 bits per heavy atom. The van der Waals surface area contributed by atoms with Gasteiger partial charge >= 0.3 is 0 Å². The molecule has 156 valence electrons. The number of fused-ring (bicyclic) bond motifs is 1. The summed E-state index contributed by atoms with van der Waals surface area (Å²) in [5.41, 5.74) is 1.83. The number of benzene rings is 2. The molecule has 3 aromatic rings. The second-order valence-electron chi connectivity index (χ2n) is 6.98. The van der Waals surface area contributed by atoms with E-state index in [0.717, 1.165) is 5.56 Å². The van der Waals surface area contributed by atoms with Crippen molar-refractivity contribution < 1.29 is 23.5 Å². The first-order valence-electron chi connectivity index (χ1n) is 9.60. The van der Waals surface area contributed by atoms with Crippen molar-refractivity contribution >= 4 is 40.1 Å². The largest absolute Gasteiger partial charge is 0.482 e. The first-order valence-corrected chi connectivity index (χ1v) is 9.98. The van der Waals surface area contributed by atoms with Crippen molar-refractivity contribution in [2.45, 2.75) is 6.92 Å². The third kappa shape index (κ3) is 4.27. The quantitative estimate of drug-likeness (QED) is 0.666. The Morgan fingerprint density at radius 3 is 2.73 bits per heavy atom. The standard InChI is InChI=1S/C22H21ClN2O5/c1-14-6-7-16(23)18(12-14)29-13-19(26)24-20-15-4-2-3-5-17(15)30-21(20)22(27)25-8-10-28-11-9-25/h2-7,12H,8-11,13H2,1H3,(H,24,26). The van der Waals surface area contributed by atoms with Gasteiger partial charge in [-0.05, 0) is 36.8 Å². The van der Waals surface area contributed by atoms with Crippen molar-refractivity contribution in [1.82, 2.24) is 4.90 Å². The lowest BCUT2D eigenvalue weighted by atomic mass is 10.2. The van der Waals surface area contributed by atoms with Crippen molar-refractivity contribution in [3.05, 3.63) is 58.8 Å². The van der Waals surface area contributed by atoms with Gasteiger partial charge < -0.3 is 24.1 Å². The van der Waals surface area contributed by atoms with Crippen LogP contribution in [-0.4, -0.2) is 49.6 Å². The van der Waals surface area contributed by atoms with Crippen LogP contribution in [0.25, 0.3) is 11.0 Å². The molecule has 2 aromatic carbocycles. The molecular weight excluding hydrogens is 408 g/mol. The Kier molecular flexibility index (Phi) is 5.92. The second-order valence-corrected chi connectivity index (χ2v) is 7.38. The molecule has 2 amide bonds. The molecule has 30 heavy (non-hydrogen) atoms. The molecule has 0 atom stereocenters. The van der Waals surface area contributed by atoms with Crippen molar-refractivity contribution in [3.8, 4) is 5.75 Å². The van der Waals surface area contributed by atoms with E-state index in [4.69, 9.17) is 25.5 Å². The first kappa shape index (κ1) is 20.3. The number of ether oxygens (including phenoxy) is 2. The summed E-state index contributed by atoms with van der Waals surface area (Å²) < 4.78 is 16.7. The minimum Gasteiger partial charge on any atom is -0.482 e.